The molecule has 15 heavy (non-hydrogen) atoms. The summed E-state index contributed by atoms with van der Waals surface area (Å²) in [4.78, 5) is 7.40. The first-order chi connectivity index (χ1) is 7.31. The molecule has 0 aliphatic heterocycles. The number of fused-ring (bicyclic) bond motifs is 1. The van der Waals surface area contributed by atoms with E-state index in [1.54, 1.807) is 6.20 Å². The van der Waals surface area contributed by atoms with Gasteiger partial charge in [0, 0.05) is 27.8 Å². The highest BCUT2D eigenvalue weighted by Gasteiger charge is 2.01. The van der Waals surface area contributed by atoms with Gasteiger partial charge in [-0.3, -0.25) is 0 Å². The molecule has 0 fully saturated rings. The van der Waals surface area contributed by atoms with Crippen molar-refractivity contribution in [3.8, 4) is 0 Å². The van der Waals surface area contributed by atoms with Crippen LogP contribution < -0.4 is 5.73 Å². The Labute approximate surface area is 96.5 Å². The fraction of sp³-hybridized carbons (Fsp3) is 0.182. The fourth-order valence-corrected chi connectivity index (χ4v) is 1.77. The van der Waals surface area contributed by atoms with Crippen LogP contribution >= 0.6 is 15.9 Å². The third-order valence-electron chi connectivity index (χ3n) is 2.16. The predicted octanol–water partition coefficient (Wildman–Crippen LogP) is 2.69. The van der Waals surface area contributed by atoms with Gasteiger partial charge >= 0.3 is 0 Å². The molecule has 0 aromatic carbocycles. The average Bonchev–Trinajstić information content (AvgIpc) is 2.62. The maximum Gasteiger partial charge on any atom is 0.137 e. The van der Waals surface area contributed by atoms with Crippen molar-refractivity contribution in [2.24, 2.45) is 5.73 Å². The van der Waals surface area contributed by atoms with Crippen LogP contribution in [-0.4, -0.2) is 16.5 Å². The smallest absolute Gasteiger partial charge is 0.137 e. The largest absolute Gasteiger partial charge is 0.346 e. The predicted molar refractivity (Wildman–Crippen MR) is 66.5 cm³/mol. The highest BCUT2D eigenvalue weighted by atomic mass is 79.9. The van der Waals surface area contributed by atoms with Gasteiger partial charge in [0.15, 0.2) is 0 Å². The number of nitrogens with one attached hydrogen (secondary N) is 1. The van der Waals surface area contributed by atoms with Crippen molar-refractivity contribution >= 4 is 33.0 Å². The molecule has 3 N–H and O–H groups in total. The van der Waals surface area contributed by atoms with E-state index in [9.17, 15) is 0 Å². The standard InChI is InChI=1S/C11H12BrN3/c12-9-5-10-8(3-1-2-4-13)6-14-11(10)15-7-9/h1,3,5-7H,2,4,13H2,(H,14,15). The van der Waals surface area contributed by atoms with Gasteiger partial charge in [0.05, 0.1) is 0 Å². The van der Waals surface area contributed by atoms with Crippen LogP contribution in [0.25, 0.3) is 17.1 Å². The Morgan fingerprint density at radius 3 is 3.20 bits per heavy atom. The van der Waals surface area contributed by atoms with E-state index < -0.39 is 0 Å². The number of nitrogens with zero attached hydrogens (tertiary/aromatic N) is 1. The zero-order valence-electron chi connectivity index (χ0n) is 8.20. The van der Waals surface area contributed by atoms with Crippen molar-refractivity contribution in [3.05, 3.63) is 34.6 Å². The minimum Gasteiger partial charge on any atom is -0.346 e. The number of nitrogens with two attached hydrogens (primary N) is 1. The van der Waals surface area contributed by atoms with Crippen LogP contribution in [0.1, 0.15) is 12.0 Å². The zero-order valence-corrected chi connectivity index (χ0v) is 9.79. The Bertz CT molecular complexity index is 488. The lowest BCUT2D eigenvalue weighted by molar-refractivity contribution is 1.01. The lowest BCUT2D eigenvalue weighted by atomic mass is 10.2. The van der Waals surface area contributed by atoms with Gasteiger partial charge in [-0.25, -0.2) is 4.98 Å². The van der Waals surface area contributed by atoms with E-state index in [4.69, 9.17) is 5.73 Å². The van der Waals surface area contributed by atoms with Crippen molar-refractivity contribution in [3.63, 3.8) is 0 Å². The van der Waals surface area contributed by atoms with Gasteiger partial charge in [-0.05, 0) is 35.0 Å². The van der Waals surface area contributed by atoms with Crippen LogP contribution in [0, 0.1) is 0 Å². The van der Waals surface area contributed by atoms with E-state index in [0.29, 0.717) is 6.54 Å². The number of hydrogen-bond acceptors (Lipinski definition) is 2. The Morgan fingerprint density at radius 1 is 1.53 bits per heavy atom. The summed E-state index contributed by atoms with van der Waals surface area (Å²) in [6.07, 6.45) is 8.78. The molecule has 3 nitrogen and oxygen atoms in total. The summed E-state index contributed by atoms with van der Waals surface area (Å²) < 4.78 is 0.989. The molecule has 0 saturated heterocycles. The highest BCUT2D eigenvalue weighted by molar-refractivity contribution is 9.10. The topological polar surface area (TPSA) is 54.7 Å². The number of rotatable bonds is 3. The molecule has 2 aromatic heterocycles. The molecule has 0 radical (unpaired) electrons. The van der Waals surface area contributed by atoms with E-state index in [1.165, 1.54) is 0 Å². The summed E-state index contributed by atoms with van der Waals surface area (Å²) in [5.74, 6) is 0. The number of hydrogen-bond donors (Lipinski definition) is 2. The number of aromatic nitrogens is 2. The molecule has 0 saturated carbocycles. The van der Waals surface area contributed by atoms with Gasteiger partial charge in [-0.1, -0.05) is 12.2 Å². The summed E-state index contributed by atoms with van der Waals surface area (Å²) in [5, 5.41) is 1.12. The van der Waals surface area contributed by atoms with Gasteiger partial charge in [0.2, 0.25) is 0 Å². The summed E-state index contributed by atoms with van der Waals surface area (Å²) in [5.41, 5.74) is 7.48. The van der Waals surface area contributed by atoms with E-state index in [-0.39, 0.29) is 0 Å². The van der Waals surface area contributed by atoms with Crippen LogP contribution in [0.15, 0.2) is 29.0 Å². The molecular weight excluding hydrogens is 254 g/mol. The molecule has 0 aliphatic carbocycles. The Morgan fingerprint density at radius 2 is 2.40 bits per heavy atom. The van der Waals surface area contributed by atoms with Crippen LogP contribution in [0.2, 0.25) is 0 Å². The summed E-state index contributed by atoms with van der Waals surface area (Å²) in [6.45, 7) is 0.681. The number of halogens is 1. The molecule has 4 heteroatoms. The zero-order chi connectivity index (χ0) is 10.7. The minimum absolute atomic E-state index is 0.681. The molecular formula is C11H12BrN3. The molecule has 0 spiro atoms. The third-order valence-corrected chi connectivity index (χ3v) is 2.59. The van der Waals surface area contributed by atoms with Crippen molar-refractivity contribution in [1.82, 2.24) is 9.97 Å². The first-order valence-electron chi connectivity index (χ1n) is 4.80. The van der Waals surface area contributed by atoms with Gasteiger partial charge < -0.3 is 10.7 Å². The SMILES string of the molecule is NCCC=Cc1c[nH]c2ncc(Br)cc12. The number of H-pyrrole nitrogens is 1. The Hall–Kier alpha value is -1.13. The first kappa shape index (κ1) is 10.4. The highest BCUT2D eigenvalue weighted by Crippen LogP contribution is 2.21. The van der Waals surface area contributed by atoms with Gasteiger partial charge in [0.1, 0.15) is 5.65 Å². The average molecular weight is 266 g/mol. The van der Waals surface area contributed by atoms with Crippen molar-refractivity contribution in [2.45, 2.75) is 6.42 Å². The van der Waals surface area contributed by atoms with Crippen LogP contribution in [0.5, 0.6) is 0 Å². The number of pyridine rings is 1. The van der Waals surface area contributed by atoms with Crippen molar-refractivity contribution in [1.29, 1.82) is 0 Å². The van der Waals surface area contributed by atoms with Gasteiger partial charge in [-0.2, -0.15) is 0 Å². The molecule has 2 rings (SSSR count). The molecule has 0 aliphatic rings. The maximum atomic E-state index is 5.43. The third kappa shape index (κ3) is 2.27. The monoisotopic (exact) mass is 265 g/mol. The minimum atomic E-state index is 0.681. The van der Waals surface area contributed by atoms with Crippen LogP contribution in [0.4, 0.5) is 0 Å². The molecule has 0 atom stereocenters. The first-order valence-corrected chi connectivity index (χ1v) is 5.60. The lowest BCUT2D eigenvalue weighted by Gasteiger charge is -1.92. The van der Waals surface area contributed by atoms with Gasteiger partial charge in [-0.15, -0.1) is 0 Å². The van der Waals surface area contributed by atoms with Crippen LogP contribution in [-0.2, 0) is 0 Å². The second-order valence-corrected chi connectivity index (χ2v) is 4.19. The lowest BCUT2D eigenvalue weighted by Crippen LogP contribution is -1.94. The maximum absolute atomic E-state index is 5.43. The van der Waals surface area contributed by atoms with Crippen LogP contribution in [0.3, 0.4) is 0 Å². The van der Waals surface area contributed by atoms with Crippen molar-refractivity contribution < 1.29 is 0 Å². The summed E-state index contributed by atoms with van der Waals surface area (Å²) in [6, 6.07) is 2.06. The van der Waals surface area contributed by atoms with E-state index in [0.717, 1.165) is 27.5 Å². The molecule has 0 unspecified atom stereocenters. The van der Waals surface area contributed by atoms with Gasteiger partial charge in [0.25, 0.3) is 0 Å². The normalized spacial score (nSPS) is 11.6. The summed E-state index contributed by atoms with van der Waals surface area (Å²) >= 11 is 3.41. The molecule has 2 heterocycles. The molecule has 78 valence electrons. The van der Waals surface area contributed by atoms with E-state index in [1.807, 2.05) is 6.20 Å². The quantitative estimate of drug-likeness (QED) is 0.897. The van der Waals surface area contributed by atoms with E-state index >= 15 is 0 Å². The van der Waals surface area contributed by atoms with E-state index in [2.05, 4.69) is 44.1 Å². The summed E-state index contributed by atoms with van der Waals surface area (Å²) in [7, 11) is 0. The number of aromatic amines is 1. The second-order valence-electron chi connectivity index (χ2n) is 3.27. The fourth-order valence-electron chi connectivity index (χ4n) is 1.44. The Kier molecular flexibility index (Phi) is 3.18. The molecule has 0 amide bonds. The second kappa shape index (κ2) is 4.59. The molecule has 0 bridgehead atoms. The molecule has 2 aromatic rings. The van der Waals surface area contributed by atoms with Crippen molar-refractivity contribution in [2.75, 3.05) is 6.54 Å². The Balaban J connectivity index is 2.39.